The largest absolute Gasteiger partial charge is 0.465 e. The van der Waals surface area contributed by atoms with E-state index in [1.54, 1.807) is 29.3 Å². The van der Waals surface area contributed by atoms with Crippen LogP contribution in [0.25, 0.3) is 0 Å². The Hall–Kier alpha value is -3.64. The number of fused-ring (bicyclic) bond motifs is 1. The Bertz CT molecular complexity index is 1090. The molecule has 2 aromatic rings. The number of carbonyl (C=O) groups excluding carboxylic acids is 2. The fourth-order valence-corrected chi connectivity index (χ4v) is 3.92. The van der Waals surface area contributed by atoms with Crippen molar-refractivity contribution in [1.82, 2.24) is 4.90 Å². The second-order valence-electron chi connectivity index (χ2n) is 7.40. The summed E-state index contributed by atoms with van der Waals surface area (Å²) in [4.78, 5) is 29.0. The molecule has 2 heterocycles. The molecule has 31 heavy (non-hydrogen) atoms. The predicted molar refractivity (Wildman–Crippen MR) is 118 cm³/mol. The van der Waals surface area contributed by atoms with E-state index >= 15 is 0 Å². The zero-order valence-corrected chi connectivity index (χ0v) is 17.6. The van der Waals surface area contributed by atoms with E-state index in [1.165, 1.54) is 30.9 Å². The van der Waals surface area contributed by atoms with Crippen LogP contribution in [-0.4, -0.2) is 31.1 Å². The second kappa shape index (κ2) is 9.02. The van der Waals surface area contributed by atoms with Crippen molar-refractivity contribution in [1.29, 1.82) is 0 Å². The van der Waals surface area contributed by atoms with Crippen LogP contribution < -0.4 is 4.90 Å². The smallest absolute Gasteiger partial charge is 0.355 e. The van der Waals surface area contributed by atoms with Gasteiger partial charge in [-0.05, 0) is 41.0 Å². The van der Waals surface area contributed by atoms with Crippen LogP contribution in [0, 0.1) is 0 Å². The number of rotatable bonds is 5. The van der Waals surface area contributed by atoms with Gasteiger partial charge in [-0.2, -0.15) is 0 Å². The number of allylic oxidation sites excluding steroid dienone is 2. The van der Waals surface area contributed by atoms with Crippen LogP contribution in [-0.2, 0) is 38.7 Å². The summed E-state index contributed by atoms with van der Waals surface area (Å²) >= 11 is 0. The van der Waals surface area contributed by atoms with Crippen molar-refractivity contribution >= 4 is 17.6 Å². The first kappa shape index (κ1) is 20.6. The van der Waals surface area contributed by atoms with Gasteiger partial charge in [-0.1, -0.05) is 42.5 Å². The first-order chi connectivity index (χ1) is 15.1. The maximum atomic E-state index is 12.6. The minimum atomic E-state index is -0.609. The molecule has 0 aliphatic carbocycles. The van der Waals surface area contributed by atoms with Crippen molar-refractivity contribution in [3.05, 3.63) is 101 Å². The van der Waals surface area contributed by atoms with E-state index in [4.69, 9.17) is 9.47 Å². The minimum Gasteiger partial charge on any atom is -0.465 e. The molecule has 2 aromatic carbocycles. The maximum absolute atomic E-state index is 12.6. The molecule has 4 rings (SSSR count). The highest BCUT2D eigenvalue weighted by molar-refractivity contribution is 6.05. The maximum Gasteiger partial charge on any atom is 0.355 e. The molecule has 158 valence electrons. The van der Waals surface area contributed by atoms with Gasteiger partial charge in [0.1, 0.15) is 5.70 Å². The Morgan fingerprint density at radius 1 is 0.903 bits per heavy atom. The average molecular weight is 416 g/mol. The fourth-order valence-electron chi connectivity index (χ4n) is 3.92. The van der Waals surface area contributed by atoms with E-state index in [0.29, 0.717) is 0 Å². The zero-order valence-electron chi connectivity index (χ0n) is 17.6. The van der Waals surface area contributed by atoms with Crippen LogP contribution in [0.2, 0.25) is 0 Å². The monoisotopic (exact) mass is 416 g/mol. The van der Waals surface area contributed by atoms with Gasteiger partial charge >= 0.3 is 11.9 Å². The van der Waals surface area contributed by atoms with Gasteiger partial charge in [0.05, 0.1) is 19.8 Å². The Morgan fingerprint density at radius 2 is 1.65 bits per heavy atom. The fraction of sp³-hybridized carbons (Fsp3) is 0.200. The van der Waals surface area contributed by atoms with Gasteiger partial charge in [0.25, 0.3) is 0 Å². The van der Waals surface area contributed by atoms with E-state index in [1.807, 2.05) is 12.1 Å². The highest BCUT2D eigenvalue weighted by Crippen LogP contribution is 2.32. The van der Waals surface area contributed by atoms with Crippen molar-refractivity contribution in [2.24, 2.45) is 0 Å². The van der Waals surface area contributed by atoms with Crippen LogP contribution in [0.4, 0.5) is 5.69 Å². The lowest BCUT2D eigenvalue weighted by molar-refractivity contribution is -0.139. The van der Waals surface area contributed by atoms with Crippen molar-refractivity contribution in [3.63, 3.8) is 0 Å². The Labute approximate surface area is 181 Å². The first-order valence-electron chi connectivity index (χ1n) is 10.0. The molecule has 0 radical (unpaired) electrons. The standard InChI is InChI=1S/C25H24N2O4/c1-30-24(28)22-10-6-7-13-27(23(22)25(29)31-2)21-12-11-19-16-26(17-20(19)14-21)15-18-8-4-3-5-9-18/h3-14H,15-17H2,1-2H3. The summed E-state index contributed by atoms with van der Waals surface area (Å²) in [6.45, 7) is 2.56. The summed E-state index contributed by atoms with van der Waals surface area (Å²) in [5, 5.41) is 0. The van der Waals surface area contributed by atoms with Gasteiger partial charge in [0.15, 0.2) is 0 Å². The quantitative estimate of drug-likeness (QED) is 0.693. The third-order valence-corrected chi connectivity index (χ3v) is 5.39. The van der Waals surface area contributed by atoms with Crippen molar-refractivity contribution in [2.45, 2.75) is 19.6 Å². The molecule has 0 atom stereocenters. The molecular weight excluding hydrogens is 392 g/mol. The predicted octanol–water partition coefficient (Wildman–Crippen LogP) is 3.69. The number of esters is 2. The van der Waals surface area contributed by atoms with Gasteiger partial charge in [-0.25, -0.2) is 9.59 Å². The Balaban J connectivity index is 1.65. The van der Waals surface area contributed by atoms with E-state index in [0.717, 1.165) is 25.3 Å². The number of ether oxygens (including phenoxy) is 2. The SMILES string of the molecule is COC(=O)C1=C(C(=O)OC)N(c2ccc3c(c2)CN(Cc2ccccc2)C3)C=CC=C1. The molecule has 2 aliphatic rings. The van der Waals surface area contributed by atoms with Crippen LogP contribution in [0.15, 0.2) is 84.2 Å². The van der Waals surface area contributed by atoms with Gasteiger partial charge < -0.3 is 14.4 Å². The van der Waals surface area contributed by atoms with Crippen LogP contribution >= 0.6 is 0 Å². The number of anilines is 1. The molecule has 6 nitrogen and oxygen atoms in total. The normalized spacial score (nSPS) is 15.6. The zero-order chi connectivity index (χ0) is 21.8. The van der Waals surface area contributed by atoms with E-state index in [9.17, 15) is 9.59 Å². The second-order valence-corrected chi connectivity index (χ2v) is 7.40. The van der Waals surface area contributed by atoms with Gasteiger partial charge in [-0.3, -0.25) is 4.90 Å². The lowest BCUT2D eigenvalue weighted by Gasteiger charge is -2.23. The van der Waals surface area contributed by atoms with Crippen molar-refractivity contribution < 1.29 is 19.1 Å². The molecule has 0 amide bonds. The van der Waals surface area contributed by atoms with Crippen molar-refractivity contribution in [2.75, 3.05) is 19.1 Å². The summed E-state index contributed by atoms with van der Waals surface area (Å²) in [5.41, 5.74) is 4.78. The Kier molecular flexibility index (Phi) is 6.00. The number of carbonyl (C=O) groups is 2. The number of benzene rings is 2. The summed E-state index contributed by atoms with van der Waals surface area (Å²) in [6.07, 6.45) is 6.78. The van der Waals surface area contributed by atoms with Crippen LogP contribution in [0.1, 0.15) is 16.7 Å². The number of methoxy groups -OCH3 is 2. The highest BCUT2D eigenvalue weighted by atomic mass is 16.5. The topological polar surface area (TPSA) is 59.1 Å². The van der Waals surface area contributed by atoms with Crippen LogP contribution in [0.5, 0.6) is 0 Å². The van der Waals surface area contributed by atoms with Gasteiger partial charge in [0, 0.05) is 31.5 Å². The third kappa shape index (κ3) is 4.29. The molecule has 0 aromatic heterocycles. The summed E-state index contributed by atoms with van der Waals surface area (Å²) in [5.74, 6) is -1.21. The van der Waals surface area contributed by atoms with Gasteiger partial charge in [-0.15, -0.1) is 0 Å². The molecule has 2 aliphatic heterocycles. The third-order valence-electron chi connectivity index (χ3n) is 5.39. The summed E-state index contributed by atoms with van der Waals surface area (Å²) in [7, 11) is 2.59. The molecular formula is C25H24N2O4. The van der Waals surface area contributed by atoms with Gasteiger partial charge in [0.2, 0.25) is 0 Å². The number of hydrogen-bond donors (Lipinski definition) is 0. The molecule has 0 bridgehead atoms. The first-order valence-corrected chi connectivity index (χ1v) is 10.0. The number of hydrogen-bond acceptors (Lipinski definition) is 6. The average Bonchev–Trinajstić information content (AvgIpc) is 3.06. The van der Waals surface area contributed by atoms with Crippen molar-refractivity contribution in [3.8, 4) is 0 Å². The molecule has 0 unspecified atom stereocenters. The Morgan fingerprint density at radius 3 is 2.39 bits per heavy atom. The molecule has 0 fully saturated rings. The van der Waals surface area contributed by atoms with E-state index < -0.39 is 11.9 Å². The molecule has 0 saturated carbocycles. The number of nitrogens with zero attached hydrogens (tertiary/aromatic N) is 2. The highest BCUT2D eigenvalue weighted by Gasteiger charge is 2.28. The lowest BCUT2D eigenvalue weighted by Crippen LogP contribution is -2.27. The molecule has 0 spiro atoms. The molecule has 6 heteroatoms. The van der Waals surface area contributed by atoms with Crippen LogP contribution in [0.3, 0.4) is 0 Å². The molecule has 0 saturated heterocycles. The van der Waals surface area contributed by atoms with E-state index in [2.05, 4.69) is 41.3 Å². The lowest BCUT2D eigenvalue weighted by atomic mass is 10.1. The minimum absolute atomic E-state index is 0.124. The summed E-state index contributed by atoms with van der Waals surface area (Å²) in [6, 6.07) is 16.5. The van der Waals surface area contributed by atoms with E-state index in [-0.39, 0.29) is 11.3 Å². The summed E-state index contributed by atoms with van der Waals surface area (Å²) < 4.78 is 9.86. The molecule has 0 N–H and O–H groups in total.